The second kappa shape index (κ2) is 28.4. The number of hydrogen-bond donors (Lipinski definition) is 0. The fourth-order valence-corrected chi connectivity index (χ4v) is 10.7. The van der Waals surface area contributed by atoms with Gasteiger partial charge in [-0.15, -0.1) is 0 Å². The van der Waals surface area contributed by atoms with E-state index in [1.807, 2.05) is 13.8 Å². The summed E-state index contributed by atoms with van der Waals surface area (Å²) in [5.74, 6) is 0. The number of benzene rings is 4. The second-order valence-electron chi connectivity index (χ2n) is 20.6. The van der Waals surface area contributed by atoms with Gasteiger partial charge >= 0.3 is 0 Å². The first-order valence-electron chi connectivity index (χ1n) is 33.3. The van der Waals surface area contributed by atoms with Crippen molar-refractivity contribution < 1.29 is 37.5 Å². The normalized spacial score (nSPS) is 18.2. The smallest absolute Gasteiger partial charge is 0.201 e. The average molecular weight is 1060 g/mol. The molecule has 11 rings (SSSR count). The molecule has 0 N–H and O–H groups in total. The predicted octanol–water partition coefficient (Wildman–Crippen LogP) is 16.8. The molecule has 0 fully saturated rings. The van der Waals surface area contributed by atoms with Crippen molar-refractivity contribution in [2.45, 2.75) is 176 Å². The first-order chi connectivity index (χ1) is 40.8. The highest BCUT2D eigenvalue weighted by atomic mass is 14.9. The maximum Gasteiger partial charge on any atom is 0.212 e. The fourth-order valence-electron chi connectivity index (χ4n) is 10.7. The van der Waals surface area contributed by atoms with E-state index in [2.05, 4.69) is 126 Å². The molecule has 4 aromatic heterocycles. The second-order valence-corrected chi connectivity index (χ2v) is 20.6. The van der Waals surface area contributed by atoms with Crippen molar-refractivity contribution in [3.8, 4) is 45.0 Å². The third-order valence-corrected chi connectivity index (χ3v) is 14.7. The Morgan fingerprint density at radius 3 is 1.12 bits per heavy atom. The summed E-state index contributed by atoms with van der Waals surface area (Å²) in [6.07, 6.45) is 7.68. The molecule has 0 aliphatic heterocycles. The Morgan fingerprint density at radius 1 is 0.359 bits per heavy atom. The minimum atomic E-state index is -2.17. The van der Waals surface area contributed by atoms with Crippen LogP contribution in [0.5, 0.6) is 0 Å². The standard InChI is InChI=1S/2C18H22N.C17H20N.C17H22N.4CH4/c2*1-13-8-9-17(14(2)10-13)18-11-15-6-4-5-7-16(15)12-19(18)3;1-12-7-8-16(13(2)9-12)17-10-14-5-4-6-15(14)11-18(17)3;1-6-15-11-18(5)17(10-13(15)3)16-8-7-12(2)9-14(16)4;;;;/h2*8-12H,4-7H2,1-3H3;7-11H,4-6H2,1-3H3;7-11H,6H2,1-5H3;4*1H4/q4*+1;;;;/i1D3,6D2,7D2;;1D3,5D2,6D2;;;;;. The molecule has 0 bridgehead atoms. The summed E-state index contributed by atoms with van der Waals surface area (Å²) in [4.78, 5) is 0. The van der Waals surface area contributed by atoms with Gasteiger partial charge in [0, 0.05) is 88.0 Å². The predicted molar refractivity (Wildman–Crippen MR) is 336 cm³/mol. The van der Waals surface area contributed by atoms with Crippen LogP contribution in [-0.4, -0.2) is 0 Å². The zero-order valence-electron chi connectivity index (χ0n) is 60.0. The molecule has 414 valence electrons. The van der Waals surface area contributed by atoms with E-state index in [-0.39, 0.29) is 60.1 Å². The third kappa shape index (κ3) is 15.0. The van der Waals surface area contributed by atoms with Crippen LogP contribution >= 0.6 is 0 Å². The number of aryl methyl sites for hydroxylation is 20. The van der Waals surface area contributed by atoms with E-state index in [0.29, 0.717) is 22.3 Å². The van der Waals surface area contributed by atoms with Crippen molar-refractivity contribution >= 4 is 0 Å². The molecule has 0 amide bonds. The van der Waals surface area contributed by atoms with Crippen LogP contribution in [0.2, 0.25) is 0 Å². The molecule has 0 spiro atoms. The lowest BCUT2D eigenvalue weighted by atomic mass is 9.91. The molecule has 3 aliphatic carbocycles. The summed E-state index contributed by atoms with van der Waals surface area (Å²) >= 11 is 0. The van der Waals surface area contributed by atoms with Gasteiger partial charge in [-0.25, -0.2) is 18.3 Å². The minimum absolute atomic E-state index is 0. The van der Waals surface area contributed by atoms with Gasteiger partial charge in [0.1, 0.15) is 28.2 Å². The molecule has 4 nitrogen and oxygen atoms in total. The van der Waals surface area contributed by atoms with Gasteiger partial charge in [0.25, 0.3) is 0 Å². The Hall–Kier alpha value is -6.52. The van der Waals surface area contributed by atoms with Crippen molar-refractivity contribution in [2.75, 3.05) is 0 Å². The topological polar surface area (TPSA) is 15.5 Å². The van der Waals surface area contributed by atoms with E-state index >= 15 is 0 Å². The maximum absolute atomic E-state index is 8.30. The van der Waals surface area contributed by atoms with E-state index in [9.17, 15) is 0 Å². The molecule has 8 aromatic rings. The highest BCUT2D eigenvalue weighted by Crippen LogP contribution is 2.30. The zero-order valence-corrected chi connectivity index (χ0v) is 46.0. The van der Waals surface area contributed by atoms with E-state index in [0.717, 1.165) is 40.1 Å². The van der Waals surface area contributed by atoms with Crippen LogP contribution in [0.25, 0.3) is 45.0 Å². The Labute approximate surface area is 495 Å². The molecule has 4 heterocycles. The van der Waals surface area contributed by atoms with Crippen LogP contribution in [0.15, 0.2) is 122 Å². The number of pyridine rings is 4. The van der Waals surface area contributed by atoms with Crippen LogP contribution in [0.1, 0.15) is 177 Å². The van der Waals surface area contributed by atoms with Crippen molar-refractivity contribution in [1.82, 2.24) is 0 Å². The van der Waals surface area contributed by atoms with Crippen molar-refractivity contribution in [3.63, 3.8) is 0 Å². The van der Waals surface area contributed by atoms with Gasteiger partial charge in [-0.3, -0.25) is 0 Å². The van der Waals surface area contributed by atoms with Gasteiger partial charge in [-0.2, -0.15) is 0 Å². The van der Waals surface area contributed by atoms with Crippen molar-refractivity contribution in [2.24, 2.45) is 28.2 Å². The van der Waals surface area contributed by atoms with Crippen LogP contribution in [0.4, 0.5) is 0 Å². The van der Waals surface area contributed by atoms with Crippen LogP contribution in [0.3, 0.4) is 0 Å². The van der Waals surface area contributed by atoms with Crippen LogP contribution < -0.4 is 18.3 Å². The number of fused-ring (bicyclic) bond motifs is 3. The monoisotopic (exact) mass is 1060 g/mol. The van der Waals surface area contributed by atoms with E-state index in [1.54, 1.807) is 95.3 Å². The fraction of sp³-hybridized carbons (Fsp3) is 0.405. The van der Waals surface area contributed by atoms with Gasteiger partial charge in [-0.1, -0.05) is 107 Å². The SMILES string of the molecule is C.C.C.C.CCc1c[n+](C)c(-c2ccc(C)cc2C)cc1C.Cc1ccc(-c2cc3c(c[n+]2C)CCCC3)c(C)c1.[2H]C([2H])([2H])c1ccc(-c2cc3c(c[n+]2C)C([2H])([2H])CC3([2H])[2H])c(C)c1.[2H]C([2H])([2H])c1ccc(-c2cc3c(c[n+]2C)C([2H])([2H])CCC3([2H])[2H])c(C)c1. The average Bonchev–Trinajstić information content (AvgIpc) is 1.35. The molecule has 0 atom stereocenters. The Kier molecular flexibility index (Phi) is 16.5. The van der Waals surface area contributed by atoms with Gasteiger partial charge in [0.15, 0.2) is 24.8 Å². The summed E-state index contributed by atoms with van der Waals surface area (Å²) in [5, 5.41) is 0. The van der Waals surface area contributed by atoms with E-state index in [1.165, 1.54) is 81.6 Å². The lowest BCUT2D eigenvalue weighted by Crippen LogP contribution is -2.32. The number of aromatic nitrogens is 4. The molecule has 0 radical (unpaired) electrons. The largest absolute Gasteiger partial charge is 0.212 e. The first kappa shape index (κ1) is 45.4. The van der Waals surface area contributed by atoms with Gasteiger partial charge < -0.3 is 0 Å². The van der Waals surface area contributed by atoms with Crippen LogP contribution in [-0.2, 0) is 72.9 Å². The third-order valence-electron chi connectivity index (χ3n) is 14.7. The Balaban J connectivity index is 0.000000261. The van der Waals surface area contributed by atoms with Crippen LogP contribution in [0, 0.1) is 62.2 Å². The van der Waals surface area contributed by atoms with E-state index < -0.39 is 39.2 Å². The van der Waals surface area contributed by atoms with Crippen molar-refractivity contribution in [1.29, 1.82) is 0 Å². The molecule has 4 aromatic carbocycles. The molecule has 4 heteroatoms. The Morgan fingerprint density at radius 2 is 0.692 bits per heavy atom. The molecule has 78 heavy (non-hydrogen) atoms. The zero-order chi connectivity index (χ0) is 65.0. The summed E-state index contributed by atoms with van der Waals surface area (Å²) in [6.45, 7) is 12.4. The van der Waals surface area contributed by atoms with Gasteiger partial charge in [0.2, 0.25) is 22.8 Å². The summed E-state index contributed by atoms with van der Waals surface area (Å²) in [7, 11) is 7.89. The molecule has 0 saturated carbocycles. The van der Waals surface area contributed by atoms with Gasteiger partial charge in [0.05, 0.1) is 0 Å². The summed E-state index contributed by atoms with van der Waals surface area (Å²) < 4.78 is 119. The number of nitrogens with zero attached hydrogens (tertiary/aromatic N) is 4. The van der Waals surface area contributed by atoms with Gasteiger partial charge in [-0.05, 0) is 208 Å². The summed E-state index contributed by atoms with van der Waals surface area (Å²) in [5.41, 5.74) is 23.3. The number of rotatable bonds is 5. The molecule has 3 aliphatic rings. The molecule has 0 saturated heterocycles. The highest BCUT2D eigenvalue weighted by molar-refractivity contribution is 5.65. The highest BCUT2D eigenvalue weighted by Gasteiger charge is 2.23. The molecule has 0 unspecified atom stereocenters. The molecular formula is C74H102N4+4. The maximum atomic E-state index is 8.30. The lowest BCUT2D eigenvalue weighted by Gasteiger charge is -2.15. The lowest BCUT2D eigenvalue weighted by molar-refractivity contribution is -0.661. The minimum Gasteiger partial charge on any atom is -0.201 e. The first-order valence-corrected chi connectivity index (χ1v) is 26.3. The summed E-state index contributed by atoms with van der Waals surface area (Å²) in [6, 6.07) is 31.4. The van der Waals surface area contributed by atoms with Crippen molar-refractivity contribution in [3.05, 3.63) is 211 Å². The number of hydrogen-bond acceptors (Lipinski definition) is 0. The quantitative estimate of drug-likeness (QED) is 0.153. The van der Waals surface area contributed by atoms with E-state index in [4.69, 9.17) is 19.2 Å². The Bertz CT molecular complexity index is 3950. The molecular weight excluding hydrogens is 945 g/mol.